The zero-order valence-corrected chi connectivity index (χ0v) is 13.1. The summed E-state index contributed by atoms with van der Waals surface area (Å²) in [5.41, 5.74) is 0.526. The quantitative estimate of drug-likeness (QED) is 0.921. The Hall–Kier alpha value is -2.11. The number of nitrogens with zero attached hydrogens (tertiary/aromatic N) is 2. The highest BCUT2D eigenvalue weighted by atomic mass is 16.5. The van der Waals surface area contributed by atoms with Gasteiger partial charge >= 0.3 is 5.97 Å². The molecule has 23 heavy (non-hydrogen) atoms. The lowest BCUT2D eigenvalue weighted by atomic mass is 9.97. The van der Waals surface area contributed by atoms with Crippen molar-refractivity contribution in [3.63, 3.8) is 0 Å². The van der Waals surface area contributed by atoms with Crippen molar-refractivity contribution in [2.75, 3.05) is 13.1 Å². The number of aliphatic carboxylic acids is 1. The number of rotatable bonds is 4. The largest absolute Gasteiger partial charge is 0.481 e. The van der Waals surface area contributed by atoms with Crippen LogP contribution < -0.4 is 4.74 Å². The predicted octanol–water partition coefficient (Wildman–Crippen LogP) is 2.34. The second-order valence-corrected chi connectivity index (χ2v) is 6.31. The summed E-state index contributed by atoms with van der Waals surface area (Å²) in [6, 6.07) is 3.48. The molecule has 0 bridgehead atoms. The Bertz CT molecular complexity index is 558. The molecule has 2 heterocycles. The Balaban J connectivity index is 1.56. The van der Waals surface area contributed by atoms with E-state index in [0.717, 1.165) is 12.8 Å². The molecule has 124 valence electrons. The fourth-order valence-electron chi connectivity index (χ4n) is 3.27. The summed E-state index contributed by atoms with van der Waals surface area (Å²) in [6.07, 6.45) is 7.37. The number of hydrogen-bond acceptors (Lipinski definition) is 4. The van der Waals surface area contributed by atoms with E-state index in [9.17, 15) is 9.59 Å². The van der Waals surface area contributed by atoms with Crippen molar-refractivity contribution >= 4 is 11.9 Å². The minimum absolute atomic E-state index is 0.0891. The third-order valence-electron chi connectivity index (χ3n) is 4.70. The maximum absolute atomic E-state index is 12.4. The van der Waals surface area contributed by atoms with Gasteiger partial charge in [0.05, 0.1) is 11.5 Å². The molecule has 1 aliphatic heterocycles. The standard InChI is InChI=1S/C17H22N2O4/c20-16(19-9-7-12(8-10-19)17(21)22)13-5-6-15(18-11-13)23-14-3-1-2-4-14/h5-6,11-12,14H,1-4,7-10H2,(H,21,22). The van der Waals surface area contributed by atoms with Crippen molar-refractivity contribution in [2.45, 2.75) is 44.6 Å². The average Bonchev–Trinajstić information content (AvgIpc) is 3.08. The number of carbonyl (C=O) groups excluding carboxylic acids is 1. The van der Waals surface area contributed by atoms with Gasteiger partial charge in [-0.05, 0) is 44.6 Å². The van der Waals surface area contributed by atoms with Crippen LogP contribution in [-0.4, -0.2) is 46.1 Å². The van der Waals surface area contributed by atoms with Gasteiger partial charge < -0.3 is 14.7 Å². The first-order valence-corrected chi connectivity index (χ1v) is 8.28. The number of pyridine rings is 1. The van der Waals surface area contributed by atoms with E-state index in [0.29, 0.717) is 37.4 Å². The van der Waals surface area contributed by atoms with Crippen LogP contribution in [0, 0.1) is 5.92 Å². The molecule has 6 nitrogen and oxygen atoms in total. The van der Waals surface area contributed by atoms with E-state index in [1.807, 2.05) is 0 Å². The van der Waals surface area contributed by atoms with Crippen LogP contribution in [0.5, 0.6) is 5.88 Å². The van der Waals surface area contributed by atoms with Crippen molar-refractivity contribution in [3.05, 3.63) is 23.9 Å². The first-order chi connectivity index (χ1) is 11.1. The highest BCUT2D eigenvalue weighted by Crippen LogP contribution is 2.23. The molecule has 2 fully saturated rings. The van der Waals surface area contributed by atoms with Crippen molar-refractivity contribution < 1.29 is 19.4 Å². The van der Waals surface area contributed by atoms with E-state index >= 15 is 0 Å². The van der Waals surface area contributed by atoms with Crippen molar-refractivity contribution in [2.24, 2.45) is 5.92 Å². The molecule has 1 aromatic rings. The first-order valence-electron chi connectivity index (χ1n) is 8.28. The van der Waals surface area contributed by atoms with Crippen LogP contribution >= 0.6 is 0 Å². The third kappa shape index (κ3) is 3.81. The summed E-state index contributed by atoms with van der Waals surface area (Å²) in [5.74, 6) is -0.627. The van der Waals surface area contributed by atoms with Crippen LogP contribution in [0.3, 0.4) is 0 Å². The minimum Gasteiger partial charge on any atom is -0.481 e. The highest BCUT2D eigenvalue weighted by Gasteiger charge is 2.27. The highest BCUT2D eigenvalue weighted by molar-refractivity contribution is 5.94. The first kappa shape index (κ1) is 15.8. The van der Waals surface area contributed by atoms with Crippen LogP contribution in [0.4, 0.5) is 0 Å². The Morgan fingerprint density at radius 3 is 2.39 bits per heavy atom. The van der Waals surface area contributed by atoms with Crippen molar-refractivity contribution in [1.82, 2.24) is 9.88 Å². The Morgan fingerprint density at radius 1 is 1.13 bits per heavy atom. The summed E-state index contributed by atoms with van der Waals surface area (Å²) in [4.78, 5) is 29.3. The number of ether oxygens (including phenoxy) is 1. The molecule has 0 atom stereocenters. The molecule has 1 aromatic heterocycles. The maximum Gasteiger partial charge on any atom is 0.306 e. The van der Waals surface area contributed by atoms with E-state index in [4.69, 9.17) is 9.84 Å². The SMILES string of the molecule is O=C(O)C1CCN(C(=O)c2ccc(OC3CCCC3)nc2)CC1. The normalized spacial score (nSPS) is 19.7. The molecule has 2 aliphatic rings. The summed E-state index contributed by atoms with van der Waals surface area (Å²) in [5, 5.41) is 9.00. The molecule has 0 spiro atoms. The lowest BCUT2D eigenvalue weighted by molar-refractivity contribution is -0.143. The summed E-state index contributed by atoms with van der Waals surface area (Å²) in [7, 11) is 0. The van der Waals surface area contributed by atoms with Gasteiger partial charge in [0.1, 0.15) is 6.10 Å². The number of aromatic nitrogens is 1. The molecular weight excluding hydrogens is 296 g/mol. The van der Waals surface area contributed by atoms with Crippen molar-refractivity contribution in [3.8, 4) is 5.88 Å². The number of likely N-dealkylation sites (tertiary alicyclic amines) is 1. The topological polar surface area (TPSA) is 79.7 Å². The average molecular weight is 318 g/mol. The number of amides is 1. The monoisotopic (exact) mass is 318 g/mol. The number of carboxylic acids is 1. The minimum atomic E-state index is -0.771. The van der Waals surface area contributed by atoms with E-state index in [1.165, 1.54) is 12.8 Å². The third-order valence-corrected chi connectivity index (χ3v) is 4.70. The van der Waals surface area contributed by atoms with E-state index < -0.39 is 5.97 Å². The molecule has 0 unspecified atom stereocenters. The van der Waals surface area contributed by atoms with Gasteiger partial charge in [-0.2, -0.15) is 0 Å². The van der Waals surface area contributed by atoms with Crippen LogP contribution in [-0.2, 0) is 4.79 Å². The van der Waals surface area contributed by atoms with E-state index in [-0.39, 0.29) is 17.9 Å². The lowest BCUT2D eigenvalue weighted by Crippen LogP contribution is -2.40. The number of piperidine rings is 1. The van der Waals surface area contributed by atoms with Gasteiger partial charge in [0, 0.05) is 25.4 Å². The molecule has 0 aromatic carbocycles. The zero-order valence-electron chi connectivity index (χ0n) is 13.1. The molecule has 1 saturated carbocycles. The molecule has 1 amide bonds. The Kier molecular flexibility index (Phi) is 4.79. The summed E-state index contributed by atoms with van der Waals surface area (Å²) < 4.78 is 5.79. The van der Waals surface area contributed by atoms with Gasteiger partial charge in [0.15, 0.2) is 0 Å². The number of carbonyl (C=O) groups is 2. The van der Waals surface area contributed by atoms with Gasteiger partial charge in [-0.15, -0.1) is 0 Å². The molecule has 1 saturated heterocycles. The lowest BCUT2D eigenvalue weighted by Gasteiger charge is -2.30. The fraction of sp³-hybridized carbons (Fsp3) is 0.588. The molecule has 1 aliphatic carbocycles. The van der Waals surface area contributed by atoms with Crippen LogP contribution in [0.15, 0.2) is 18.3 Å². The second-order valence-electron chi connectivity index (χ2n) is 6.31. The maximum atomic E-state index is 12.4. The van der Waals surface area contributed by atoms with Gasteiger partial charge in [0.25, 0.3) is 5.91 Å². The van der Waals surface area contributed by atoms with E-state index in [2.05, 4.69) is 4.98 Å². The summed E-state index contributed by atoms with van der Waals surface area (Å²) in [6.45, 7) is 0.965. The van der Waals surface area contributed by atoms with Crippen LogP contribution in [0.2, 0.25) is 0 Å². The molecule has 6 heteroatoms. The number of hydrogen-bond donors (Lipinski definition) is 1. The van der Waals surface area contributed by atoms with Gasteiger partial charge in [0.2, 0.25) is 5.88 Å². The van der Waals surface area contributed by atoms with Gasteiger partial charge in [-0.25, -0.2) is 4.98 Å². The van der Waals surface area contributed by atoms with E-state index in [1.54, 1.807) is 23.2 Å². The van der Waals surface area contributed by atoms with Gasteiger partial charge in [-0.3, -0.25) is 9.59 Å². The Morgan fingerprint density at radius 2 is 1.83 bits per heavy atom. The van der Waals surface area contributed by atoms with Crippen molar-refractivity contribution in [1.29, 1.82) is 0 Å². The smallest absolute Gasteiger partial charge is 0.306 e. The second kappa shape index (κ2) is 6.98. The zero-order chi connectivity index (χ0) is 16.2. The molecular formula is C17H22N2O4. The fourth-order valence-corrected chi connectivity index (χ4v) is 3.27. The number of carboxylic acid groups (broad SMARTS) is 1. The molecule has 0 radical (unpaired) electrons. The Labute approximate surface area is 135 Å². The van der Waals surface area contributed by atoms with Crippen LogP contribution in [0.1, 0.15) is 48.9 Å². The molecule has 1 N–H and O–H groups in total. The molecule has 3 rings (SSSR count). The van der Waals surface area contributed by atoms with Crippen LogP contribution in [0.25, 0.3) is 0 Å². The predicted molar refractivity (Wildman–Crippen MR) is 83.4 cm³/mol. The van der Waals surface area contributed by atoms with Gasteiger partial charge in [-0.1, -0.05) is 0 Å². The summed E-state index contributed by atoms with van der Waals surface area (Å²) >= 11 is 0.